The SMILES string of the molecule is C=C(NCc1ccccc1)c1ncn(-c2ccc(C(CCC=O)CCCC)cc2)c1N=CC. The lowest BCUT2D eigenvalue weighted by Crippen LogP contribution is -2.11. The lowest BCUT2D eigenvalue weighted by molar-refractivity contribution is -0.108. The van der Waals surface area contributed by atoms with Crippen LogP contribution in [0, 0.1) is 0 Å². The first-order valence-corrected chi connectivity index (χ1v) is 11.7. The first-order chi connectivity index (χ1) is 16.2. The molecule has 0 fully saturated rings. The second-order valence-electron chi connectivity index (χ2n) is 8.17. The monoisotopic (exact) mass is 442 g/mol. The Balaban J connectivity index is 1.80. The Bertz CT molecular complexity index is 1050. The fourth-order valence-electron chi connectivity index (χ4n) is 3.98. The molecule has 3 aromatic rings. The first kappa shape index (κ1) is 24.2. The molecule has 0 radical (unpaired) electrons. The molecule has 0 saturated carbocycles. The summed E-state index contributed by atoms with van der Waals surface area (Å²) in [6.45, 7) is 8.97. The van der Waals surface area contributed by atoms with Gasteiger partial charge in [-0.3, -0.25) is 4.57 Å². The second kappa shape index (κ2) is 12.5. The Morgan fingerprint density at radius 1 is 1.15 bits per heavy atom. The van der Waals surface area contributed by atoms with Gasteiger partial charge in [-0.15, -0.1) is 0 Å². The molecule has 1 N–H and O–H groups in total. The molecule has 1 heterocycles. The number of rotatable bonds is 13. The Hall–Kier alpha value is -3.47. The molecule has 3 rings (SSSR count). The minimum atomic E-state index is 0.414. The first-order valence-electron chi connectivity index (χ1n) is 11.7. The molecule has 1 aromatic heterocycles. The zero-order valence-corrected chi connectivity index (χ0v) is 19.7. The molecule has 0 amide bonds. The number of unbranched alkanes of at least 4 members (excludes halogenated alkanes) is 1. The predicted molar refractivity (Wildman–Crippen MR) is 137 cm³/mol. The quantitative estimate of drug-likeness (QED) is 0.239. The number of benzene rings is 2. The molecule has 0 bridgehead atoms. The zero-order valence-electron chi connectivity index (χ0n) is 19.7. The standard InChI is InChI=1S/C28H34N4O/c1-4-6-13-24(14-10-19-33)25-15-17-26(18-16-25)32-21-31-27(28(32)29-5-2)22(3)30-20-23-11-8-7-9-12-23/h5,7-9,11-12,15-19,21,24,30H,3-4,6,10,13-14,20H2,1-2H3. The van der Waals surface area contributed by atoms with Crippen LogP contribution in [0.25, 0.3) is 11.4 Å². The van der Waals surface area contributed by atoms with E-state index in [0.29, 0.717) is 18.9 Å². The van der Waals surface area contributed by atoms with Gasteiger partial charge in [-0.2, -0.15) is 0 Å². The van der Waals surface area contributed by atoms with Crippen molar-refractivity contribution < 1.29 is 4.79 Å². The third-order valence-corrected chi connectivity index (χ3v) is 5.81. The van der Waals surface area contributed by atoms with Gasteiger partial charge in [0.2, 0.25) is 0 Å². The van der Waals surface area contributed by atoms with Crippen LogP contribution in [0.4, 0.5) is 5.82 Å². The highest BCUT2D eigenvalue weighted by atomic mass is 16.1. The molecule has 2 aromatic carbocycles. The minimum Gasteiger partial charge on any atom is -0.380 e. The summed E-state index contributed by atoms with van der Waals surface area (Å²) in [5.41, 5.74) is 4.94. The van der Waals surface area contributed by atoms with Crippen molar-refractivity contribution in [2.45, 2.75) is 58.4 Å². The van der Waals surface area contributed by atoms with Crippen molar-refractivity contribution >= 4 is 24.0 Å². The molecule has 1 atom stereocenters. The van der Waals surface area contributed by atoms with Crippen molar-refractivity contribution in [2.75, 3.05) is 0 Å². The molecule has 5 nitrogen and oxygen atoms in total. The van der Waals surface area contributed by atoms with Crippen molar-refractivity contribution in [1.82, 2.24) is 14.9 Å². The maximum Gasteiger partial charge on any atom is 0.166 e. The van der Waals surface area contributed by atoms with Crippen molar-refractivity contribution in [3.63, 3.8) is 0 Å². The summed E-state index contributed by atoms with van der Waals surface area (Å²) in [5, 5.41) is 3.37. The Morgan fingerprint density at radius 3 is 2.58 bits per heavy atom. The smallest absolute Gasteiger partial charge is 0.166 e. The number of hydrogen-bond donors (Lipinski definition) is 1. The molecular weight excluding hydrogens is 408 g/mol. The van der Waals surface area contributed by atoms with Crippen LogP contribution in [0.1, 0.15) is 68.7 Å². The Morgan fingerprint density at radius 2 is 1.91 bits per heavy atom. The topological polar surface area (TPSA) is 59.3 Å². The third-order valence-electron chi connectivity index (χ3n) is 5.81. The second-order valence-corrected chi connectivity index (χ2v) is 8.17. The van der Waals surface area contributed by atoms with Gasteiger partial charge < -0.3 is 10.1 Å². The van der Waals surface area contributed by atoms with Crippen molar-refractivity contribution in [1.29, 1.82) is 0 Å². The van der Waals surface area contributed by atoms with Crippen molar-refractivity contribution in [3.8, 4) is 5.69 Å². The van der Waals surface area contributed by atoms with Crippen LogP contribution in [0.5, 0.6) is 0 Å². The number of aldehydes is 1. The van der Waals surface area contributed by atoms with Crippen molar-refractivity contribution in [2.24, 2.45) is 4.99 Å². The van der Waals surface area contributed by atoms with Crippen LogP contribution in [0.2, 0.25) is 0 Å². The van der Waals surface area contributed by atoms with Gasteiger partial charge in [0.15, 0.2) is 5.82 Å². The Labute approximate surface area is 197 Å². The fourth-order valence-corrected chi connectivity index (χ4v) is 3.98. The average Bonchev–Trinajstić information content (AvgIpc) is 3.27. The van der Waals surface area contributed by atoms with E-state index in [2.05, 4.69) is 65.2 Å². The van der Waals surface area contributed by atoms with E-state index in [-0.39, 0.29) is 0 Å². The predicted octanol–water partition coefficient (Wildman–Crippen LogP) is 6.61. The molecule has 0 aliphatic carbocycles. The van der Waals surface area contributed by atoms with E-state index in [0.717, 1.165) is 48.4 Å². The van der Waals surface area contributed by atoms with E-state index >= 15 is 0 Å². The van der Waals surface area contributed by atoms with Gasteiger partial charge >= 0.3 is 0 Å². The third kappa shape index (κ3) is 6.51. The van der Waals surface area contributed by atoms with Crippen LogP contribution in [0.15, 0.2) is 72.5 Å². The summed E-state index contributed by atoms with van der Waals surface area (Å²) in [6.07, 6.45) is 9.53. The number of aromatic nitrogens is 2. The number of hydrogen-bond acceptors (Lipinski definition) is 4. The fraction of sp³-hybridized carbons (Fsp3) is 0.321. The summed E-state index contributed by atoms with van der Waals surface area (Å²) in [5.74, 6) is 1.16. The minimum absolute atomic E-state index is 0.414. The maximum atomic E-state index is 10.9. The maximum absolute atomic E-state index is 10.9. The summed E-state index contributed by atoms with van der Waals surface area (Å²) < 4.78 is 1.99. The Kier molecular flexibility index (Phi) is 9.19. The van der Waals surface area contributed by atoms with E-state index in [1.54, 1.807) is 12.5 Å². The summed E-state index contributed by atoms with van der Waals surface area (Å²) in [4.78, 5) is 20.1. The van der Waals surface area contributed by atoms with Gasteiger partial charge in [-0.05, 0) is 48.9 Å². The van der Waals surface area contributed by atoms with Crippen LogP contribution in [-0.4, -0.2) is 22.1 Å². The average molecular weight is 443 g/mol. The highest BCUT2D eigenvalue weighted by Crippen LogP contribution is 2.30. The van der Waals surface area contributed by atoms with Crippen LogP contribution in [-0.2, 0) is 11.3 Å². The highest BCUT2D eigenvalue weighted by molar-refractivity contribution is 5.72. The number of nitrogens with one attached hydrogen (secondary N) is 1. The van der Waals surface area contributed by atoms with E-state index in [1.807, 2.05) is 29.7 Å². The van der Waals surface area contributed by atoms with E-state index in [1.165, 1.54) is 17.5 Å². The van der Waals surface area contributed by atoms with E-state index in [4.69, 9.17) is 0 Å². The largest absolute Gasteiger partial charge is 0.380 e. The van der Waals surface area contributed by atoms with Gasteiger partial charge in [0.1, 0.15) is 18.3 Å². The van der Waals surface area contributed by atoms with Gasteiger partial charge in [0.05, 0.1) is 5.70 Å². The van der Waals surface area contributed by atoms with Crippen molar-refractivity contribution in [3.05, 3.63) is 84.3 Å². The molecule has 1 unspecified atom stereocenters. The summed E-state index contributed by atoms with van der Waals surface area (Å²) in [6, 6.07) is 18.8. The molecule has 0 aliphatic rings. The number of imidazole rings is 1. The molecule has 0 saturated heterocycles. The molecule has 0 aliphatic heterocycles. The van der Waals surface area contributed by atoms with E-state index in [9.17, 15) is 4.79 Å². The number of aliphatic imine (C=N–C) groups is 1. The van der Waals surface area contributed by atoms with E-state index < -0.39 is 0 Å². The molecule has 0 spiro atoms. The molecule has 172 valence electrons. The zero-order chi connectivity index (χ0) is 23.5. The van der Waals surface area contributed by atoms with Gasteiger partial charge in [-0.1, -0.05) is 68.8 Å². The van der Waals surface area contributed by atoms with Crippen LogP contribution < -0.4 is 5.32 Å². The number of carbonyl (C=O) groups is 1. The summed E-state index contributed by atoms with van der Waals surface area (Å²) >= 11 is 0. The highest BCUT2D eigenvalue weighted by Gasteiger charge is 2.16. The molecule has 33 heavy (non-hydrogen) atoms. The van der Waals surface area contributed by atoms with Gasteiger partial charge in [0, 0.05) is 24.9 Å². The summed E-state index contributed by atoms with van der Waals surface area (Å²) in [7, 11) is 0. The van der Waals surface area contributed by atoms with Crippen LogP contribution >= 0.6 is 0 Å². The lowest BCUT2D eigenvalue weighted by atomic mass is 9.89. The number of carbonyl (C=O) groups excluding carboxylic acids is 1. The lowest BCUT2D eigenvalue weighted by Gasteiger charge is -2.17. The molecular formula is C28H34N4O. The normalized spacial score (nSPS) is 12.1. The van der Waals surface area contributed by atoms with Crippen LogP contribution in [0.3, 0.4) is 0 Å². The number of nitrogens with zero attached hydrogens (tertiary/aromatic N) is 3. The van der Waals surface area contributed by atoms with Gasteiger partial charge in [-0.25, -0.2) is 9.98 Å². The molecule has 5 heteroatoms. The van der Waals surface area contributed by atoms with Gasteiger partial charge in [0.25, 0.3) is 0 Å².